The van der Waals surface area contributed by atoms with E-state index in [1.54, 1.807) is 24.8 Å². The molecule has 0 spiro atoms. The zero-order valence-electron chi connectivity index (χ0n) is 24.7. The number of rotatable bonds is 0. The highest BCUT2D eigenvalue weighted by Crippen LogP contribution is 2.37. The minimum absolute atomic E-state index is 0.701. The molecule has 0 saturated heterocycles. The number of hydrogen-bond acceptors (Lipinski definition) is 10. The van der Waals surface area contributed by atoms with Gasteiger partial charge in [-0.1, -0.05) is 0 Å². The molecule has 0 saturated carbocycles. The van der Waals surface area contributed by atoms with Gasteiger partial charge in [0, 0.05) is 46.9 Å². The van der Waals surface area contributed by atoms with Gasteiger partial charge in [0.25, 0.3) is 0 Å². The fraction of sp³-hybridized carbons (Fsp3) is 0. The zero-order chi connectivity index (χ0) is 31.3. The molecule has 9 heterocycles. The second-order valence-electron chi connectivity index (χ2n) is 11.7. The molecule has 2 N–H and O–H groups in total. The Morgan fingerprint density at radius 1 is 0.292 bits per heavy atom. The fourth-order valence-electron chi connectivity index (χ4n) is 6.40. The van der Waals surface area contributed by atoms with Crippen LogP contribution in [0.3, 0.4) is 0 Å². The van der Waals surface area contributed by atoms with E-state index in [1.165, 1.54) is 0 Å². The van der Waals surface area contributed by atoms with Gasteiger partial charge in [-0.25, -0.2) is 29.9 Å². The Morgan fingerprint density at radius 3 is 0.833 bits per heavy atom. The third kappa shape index (κ3) is 3.83. The fourth-order valence-corrected chi connectivity index (χ4v) is 6.40. The number of aromatic nitrogens is 12. The number of nitrogens with one attached hydrogen (secondary N) is 2. The van der Waals surface area contributed by atoms with Gasteiger partial charge < -0.3 is 9.97 Å². The predicted octanol–water partition coefficient (Wildman–Crippen LogP) is 6.76. The predicted molar refractivity (Wildman–Crippen MR) is 182 cm³/mol. The quantitative estimate of drug-likeness (QED) is 0.174. The van der Waals surface area contributed by atoms with Crippen molar-refractivity contribution in [3.8, 4) is 45.6 Å². The summed E-state index contributed by atoms with van der Waals surface area (Å²) in [6.45, 7) is 0. The first-order chi connectivity index (χ1) is 23.7. The van der Waals surface area contributed by atoms with Crippen molar-refractivity contribution < 1.29 is 0 Å². The number of hydrogen-bond donors (Lipinski definition) is 2. The van der Waals surface area contributed by atoms with E-state index >= 15 is 0 Å². The molecule has 0 radical (unpaired) electrons. The molecule has 12 nitrogen and oxygen atoms in total. The Bertz CT molecular complexity index is 2640. The SMILES string of the molecule is c1cnc2cc3nc4c(nc3cc2n1)-c1cc2ccc(cc3nc(cc5ccc(cc-4n1)[nH]5)-c1nc4cc5nccnc5cc4nc1-3)[nH]2. The second-order valence-corrected chi connectivity index (χ2v) is 11.7. The summed E-state index contributed by atoms with van der Waals surface area (Å²) in [5, 5.41) is 0. The topological polar surface area (TPSA) is 160 Å². The summed E-state index contributed by atoms with van der Waals surface area (Å²) < 4.78 is 0. The maximum atomic E-state index is 5.03. The Kier molecular flexibility index (Phi) is 4.84. The lowest BCUT2D eigenvalue weighted by Crippen LogP contribution is -1.92. The van der Waals surface area contributed by atoms with Crippen LogP contribution in [-0.2, 0) is 0 Å². The molecule has 0 aliphatic carbocycles. The average molecular weight is 619 g/mol. The molecule has 12 heteroatoms. The molecule has 8 bridgehead atoms. The summed E-state index contributed by atoms with van der Waals surface area (Å²) in [6, 6.07) is 23.6. The van der Waals surface area contributed by atoms with Gasteiger partial charge in [-0.2, -0.15) is 0 Å². The molecular weight excluding hydrogens is 600 g/mol. The van der Waals surface area contributed by atoms with Crippen molar-refractivity contribution in [1.29, 1.82) is 0 Å². The molecule has 48 heavy (non-hydrogen) atoms. The molecule has 222 valence electrons. The minimum Gasteiger partial charge on any atom is -0.355 e. The Labute approximate surface area is 268 Å². The standard InChI is InChI=1S/C36H18N12/c1-2-18-10-30-34-36(48-28-16-24-23(15-27(28)46-34)39-7-8-40-24)32(44-30)12-20-4-3-19(42-20)11-31-35-33(29(43-31)9-17(1)41-18)45-25-13-21-22(14-26(25)47-35)38-6-5-37-21/h1-16,41-42H. The number of nitrogens with zero attached hydrogens (tertiary/aromatic N) is 10. The highest BCUT2D eigenvalue weighted by atomic mass is 14.9. The first-order valence-electron chi connectivity index (χ1n) is 15.2. The minimum atomic E-state index is 0.701. The van der Waals surface area contributed by atoms with Gasteiger partial charge in [0.1, 0.15) is 22.8 Å². The lowest BCUT2D eigenvalue weighted by Gasteiger charge is -2.04. The molecular formula is C36H18N12. The van der Waals surface area contributed by atoms with Gasteiger partial charge in [-0.3, -0.25) is 19.9 Å². The first-order valence-corrected chi connectivity index (χ1v) is 15.2. The van der Waals surface area contributed by atoms with E-state index in [2.05, 4.69) is 29.9 Å². The molecule has 0 unspecified atom stereocenters. The molecule has 9 aromatic rings. The van der Waals surface area contributed by atoms with Crippen LogP contribution < -0.4 is 0 Å². The van der Waals surface area contributed by atoms with Crippen LogP contribution in [0.4, 0.5) is 0 Å². The van der Waals surface area contributed by atoms with Gasteiger partial charge in [-0.15, -0.1) is 0 Å². The summed E-state index contributed by atoms with van der Waals surface area (Å²) in [4.78, 5) is 55.0. The molecule has 0 atom stereocenters. The van der Waals surface area contributed by atoms with E-state index in [4.69, 9.17) is 29.9 Å². The van der Waals surface area contributed by atoms with Gasteiger partial charge >= 0.3 is 0 Å². The third-order valence-corrected chi connectivity index (χ3v) is 8.59. The molecule has 7 aromatic heterocycles. The molecule has 2 aliphatic rings. The smallest absolute Gasteiger partial charge is 0.117 e. The summed E-state index contributed by atoms with van der Waals surface area (Å²) in [7, 11) is 0. The average Bonchev–Trinajstić information content (AvgIpc) is 3.89. The lowest BCUT2D eigenvalue weighted by atomic mass is 10.2. The van der Waals surface area contributed by atoms with E-state index in [0.717, 1.165) is 66.2 Å². The summed E-state index contributed by atoms with van der Waals surface area (Å²) in [6.07, 6.45) is 6.71. The van der Waals surface area contributed by atoms with E-state index in [1.807, 2.05) is 72.8 Å². The van der Waals surface area contributed by atoms with Crippen molar-refractivity contribution in [2.45, 2.75) is 0 Å². The van der Waals surface area contributed by atoms with Gasteiger partial charge in [0.15, 0.2) is 0 Å². The van der Waals surface area contributed by atoms with Crippen molar-refractivity contribution in [1.82, 2.24) is 59.8 Å². The normalized spacial score (nSPS) is 12.2. The largest absolute Gasteiger partial charge is 0.355 e. The molecule has 2 aliphatic heterocycles. The van der Waals surface area contributed by atoms with E-state index in [9.17, 15) is 0 Å². The number of aromatic amines is 2. The lowest BCUT2D eigenvalue weighted by molar-refractivity contribution is 1.28. The Balaban J connectivity index is 1.17. The van der Waals surface area contributed by atoms with Crippen molar-refractivity contribution in [3.05, 3.63) is 97.6 Å². The van der Waals surface area contributed by atoms with Crippen LogP contribution in [0.15, 0.2) is 97.6 Å². The van der Waals surface area contributed by atoms with E-state index < -0.39 is 0 Å². The van der Waals surface area contributed by atoms with Crippen LogP contribution in [0.2, 0.25) is 0 Å². The highest BCUT2D eigenvalue weighted by Gasteiger charge is 2.23. The Morgan fingerprint density at radius 2 is 0.562 bits per heavy atom. The zero-order valence-corrected chi connectivity index (χ0v) is 24.7. The van der Waals surface area contributed by atoms with Crippen molar-refractivity contribution >= 4 is 66.2 Å². The first kappa shape index (κ1) is 25.2. The van der Waals surface area contributed by atoms with E-state index in [0.29, 0.717) is 45.6 Å². The molecule has 11 rings (SSSR count). The summed E-state index contributed by atoms with van der Waals surface area (Å²) >= 11 is 0. The molecule has 2 aromatic carbocycles. The van der Waals surface area contributed by atoms with Crippen LogP contribution in [0.25, 0.3) is 112 Å². The van der Waals surface area contributed by atoms with Crippen molar-refractivity contribution in [2.75, 3.05) is 0 Å². The number of fused-ring (bicyclic) bond motifs is 18. The van der Waals surface area contributed by atoms with Crippen LogP contribution in [0, 0.1) is 0 Å². The number of H-pyrrole nitrogens is 2. The number of benzene rings is 2. The van der Waals surface area contributed by atoms with Gasteiger partial charge in [0.05, 0.1) is 66.9 Å². The van der Waals surface area contributed by atoms with Crippen LogP contribution in [0.5, 0.6) is 0 Å². The molecule has 0 amide bonds. The molecule has 0 fully saturated rings. The van der Waals surface area contributed by atoms with Crippen molar-refractivity contribution in [2.24, 2.45) is 0 Å². The monoisotopic (exact) mass is 618 g/mol. The highest BCUT2D eigenvalue weighted by molar-refractivity contribution is 5.96. The van der Waals surface area contributed by atoms with E-state index in [-0.39, 0.29) is 0 Å². The summed E-state index contributed by atoms with van der Waals surface area (Å²) in [5.74, 6) is 0. The van der Waals surface area contributed by atoms with Crippen LogP contribution in [0.1, 0.15) is 0 Å². The second kappa shape index (κ2) is 9.23. The van der Waals surface area contributed by atoms with Crippen molar-refractivity contribution in [3.63, 3.8) is 0 Å². The van der Waals surface area contributed by atoms with Crippen LogP contribution in [-0.4, -0.2) is 59.8 Å². The van der Waals surface area contributed by atoms with Gasteiger partial charge in [-0.05, 0) is 72.8 Å². The Hall–Kier alpha value is -7.08. The summed E-state index contributed by atoms with van der Waals surface area (Å²) in [5.41, 5.74) is 15.0. The maximum absolute atomic E-state index is 5.03. The van der Waals surface area contributed by atoms with Crippen LogP contribution >= 0.6 is 0 Å². The maximum Gasteiger partial charge on any atom is 0.117 e. The third-order valence-electron chi connectivity index (χ3n) is 8.59. The van der Waals surface area contributed by atoms with Gasteiger partial charge in [0.2, 0.25) is 0 Å².